The molecule has 31 heavy (non-hydrogen) atoms. The Balaban J connectivity index is 1.51. The monoisotopic (exact) mass is 454 g/mol. The van der Waals surface area contributed by atoms with Crippen molar-refractivity contribution < 1.29 is 4.79 Å². The van der Waals surface area contributed by atoms with E-state index < -0.39 is 0 Å². The SMILES string of the molecule is CN1CCCN(c2ccc(C(=O)Nc3ccc(Cl)c(-c4ccccn4)c3)c(Cl)c2)CC1. The number of pyridine rings is 1. The van der Waals surface area contributed by atoms with Gasteiger partial charge in [0.1, 0.15) is 0 Å². The Labute approximate surface area is 192 Å². The van der Waals surface area contributed by atoms with Gasteiger partial charge in [0.2, 0.25) is 0 Å². The number of likely N-dealkylation sites (N-methyl/N-ethyl adjacent to an activating group) is 1. The molecule has 0 atom stereocenters. The zero-order valence-corrected chi connectivity index (χ0v) is 18.8. The molecule has 1 aliphatic heterocycles. The second-order valence-electron chi connectivity index (χ2n) is 7.67. The molecule has 0 radical (unpaired) electrons. The van der Waals surface area contributed by atoms with Crippen molar-refractivity contribution >= 4 is 40.5 Å². The number of carbonyl (C=O) groups excluding carboxylic acids is 1. The largest absolute Gasteiger partial charge is 0.370 e. The first-order valence-electron chi connectivity index (χ1n) is 10.3. The van der Waals surface area contributed by atoms with Crippen LogP contribution < -0.4 is 10.2 Å². The Morgan fingerprint density at radius 2 is 1.84 bits per heavy atom. The van der Waals surface area contributed by atoms with Crippen LogP contribution in [0.3, 0.4) is 0 Å². The minimum absolute atomic E-state index is 0.263. The predicted molar refractivity (Wildman–Crippen MR) is 128 cm³/mol. The Morgan fingerprint density at radius 3 is 2.61 bits per heavy atom. The molecule has 3 aromatic rings. The standard InChI is InChI=1S/C24H24Cl2N4O/c1-29-11-4-12-30(14-13-29)18-7-8-19(22(26)16-18)24(31)28-17-6-9-21(25)20(15-17)23-5-2-3-10-27-23/h2-3,5-10,15-16H,4,11-14H2,1H3,(H,28,31). The summed E-state index contributed by atoms with van der Waals surface area (Å²) in [4.78, 5) is 21.9. The Morgan fingerprint density at radius 1 is 0.968 bits per heavy atom. The molecule has 5 nitrogen and oxygen atoms in total. The third-order valence-electron chi connectivity index (χ3n) is 5.45. The first kappa shape index (κ1) is 21.6. The van der Waals surface area contributed by atoms with Crippen LogP contribution >= 0.6 is 23.2 Å². The number of anilines is 2. The predicted octanol–water partition coefficient (Wildman–Crippen LogP) is 5.45. The molecule has 1 N–H and O–H groups in total. The van der Waals surface area contributed by atoms with Crippen molar-refractivity contribution in [3.63, 3.8) is 0 Å². The van der Waals surface area contributed by atoms with Crippen LogP contribution in [0.25, 0.3) is 11.3 Å². The van der Waals surface area contributed by atoms with Gasteiger partial charge in [0.15, 0.2) is 0 Å². The minimum atomic E-state index is -0.263. The van der Waals surface area contributed by atoms with Crippen molar-refractivity contribution in [2.75, 3.05) is 43.4 Å². The molecular weight excluding hydrogens is 431 g/mol. The lowest BCUT2D eigenvalue weighted by atomic mass is 10.1. The van der Waals surface area contributed by atoms with E-state index in [1.165, 1.54) is 0 Å². The summed E-state index contributed by atoms with van der Waals surface area (Å²) in [6.45, 7) is 4.02. The number of nitrogens with one attached hydrogen (secondary N) is 1. The smallest absolute Gasteiger partial charge is 0.257 e. The van der Waals surface area contributed by atoms with Crippen LogP contribution in [0.15, 0.2) is 60.8 Å². The van der Waals surface area contributed by atoms with Crippen LogP contribution in [0.2, 0.25) is 10.0 Å². The van der Waals surface area contributed by atoms with Gasteiger partial charge in [-0.15, -0.1) is 0 Å². The molecular formula is C24H24Cl2N4O. The molecule has 2 heterocycles. The van der Waals surface area contributed by atoms with Gasteiger partial charge in [-0.1, -0.05) is 29.3 Å². The average molecular weight is 455 g/mol. The van der Waals surface area contributed by atoms with Crippen molar-refractivity contribution in [1.82, 2.24) is 9.88 Å². The molecule has 2 aromatic carbocycles. The van der Waals surface area contributed by atoms with E-state index in [2.05, 4.69) is 27.1 Å². The highest BCUT2D eigenvalue weighted by Crippen LogP contribution is 2.30. The molecule has 0 spiro atoms. The van der Waals surface area contributed by atoms with E-state index in [0.717, 1.165) is 49.5 Å². The number of benzene rings is 2. The Kier molecular flexibility index (Phi) is 6.76. The average Bonchev–Trinajstić information content (AvgIpc) is 3.00. The first-order valence-corrected chi connectivity index (χ1v) is 11.0. The van der Waals surface area contributed by atoms with E-state index in [1.54, 1.807) is 24.4 Å². The van der Waals surface area contributed by atoms with Gasteiger partial charge in [0.05, 0.1) is 21.3 Å². The number of hydrogen-bond donors (Lipinski definition) is 1. The summed E-state index contributed by atoms with van der Waals surface area (Å²) in [7, 11) is 2.14. The molecule has 4 rings (SSSR count). The first-order chi connectivity index (χ1) is 15.0. The normalized spacial score (nSPS) is 14.9. The van der Waals surface area contributed by atoms with E-state index in [4.69, 9.17) is 23.2 Å². The number of rotatable bonds is 4. The highest BCUT2D eigenvalue weighted by atomic mass is 35.5. The molecule has 1 fully saturated rings. The summed E-state index contributed by atoms with van der Waals surface area (Å²) in [5.74, 6) is -0.263. The molecule has 0 saturated carbocycles. The van der Waals surface area contributed by atoms with Gasteiger partial charge in [-0.25, -0.2) is 0 Å². The van der Waals surface area contributed by atoms with Gasteiger partial charge >= 0.3 is 0 Å². The maximum atomic E-state index is 12.9. The highest BCUT2D eigenvalue weighted by molar-refractivity contribution is 6.35. The summed E-state index contributed by atoms with van der Waals surface area (Å²) < 4.78 is 0. The molecule has 0 unspecified atom stereocenters. The fraction of sp³-hybridized carbons (Fsp3) is 0.250. The lowest BCUT2D eigenvalue weighted by Crippen LogP contribution is -2.28. The van der Waals surface area contributed by atoms with E-state index in [1.807, 2.05) is 36.4 Å². The lowest BCUT2D eigenvalue weighted by Gasteiger charge is -2.23. The fourth-order valence-electron chi connectivity index (χ4n) is 3.71. The van der Waals surface area contributed by atoms with Crippen LogP contribution in [0.4, 0.5) is 11.4 Å². The van der Waals surface area contributed by atoms with Gasteiger partial charge in [0, 0.05) is 42.8 Å². The molecule has 160 valence electrons. The van der Waals surface area contributed by atoms with Crippen LogP contribution in [0, 0.1) is 0 Å². The number of aromatic nitrogens is 1. The number of hydrogen-bond acceptors (Lipinski definition) is 4. The number of halogens is 2. The van der Waals surface area contributed by atoms with Crippen molar-refractivity contribution in [3.8, 4) is 11.3 Å². The van der Waals surface area contributed by atoms with Gasteiger partial charge in [-0.2, -0.15) is 0 Å². The molecule has 1 amide bonds. The molecule has 0 aliphatic carbocycles. The summed E-state index contributed by atoms with van der Waals surface area (Å²) >= 11 is 12.8. The van der Waals surface area contributed by atoms with Crippen LogP contribution in [-0.2, 0) is 0 Å². The van der Waals surface area contributed by atoms with Crippen molar-refractivity contribution in [3.05, 3.63) is 76.4 Å². The topological polar surface area (TPSA) is 48.5 Å². The van der Waals surface area contributed by atoms with Crippen LogP contribution in [0.1, 0.15) is 16.8 Å². The molecule has 1 aliphatic rings. The third-order valence-corrected chi connectivity index (χ3v) is 6.09. The maximum absolute atomic E-state index is 12.9. The number of carbonyl (C=O) groups is 1. The minimum Gasteiger partial charge on any atom is -0.370 e. The zero-order valence-electron chi connectivity index (χ0n) is 17.3. The zero-order chi connectivity index (χ0) is 21.8. The quantitative estimate of drug-likeness (QED) is 0.569. The van der Waals surface area contributed by atoms with Crippen LogP contribution in [-0.4, -0.2) is 49.0 Å². The van der Waals surface area contributed by atoms with Gasteiger partial charge in [-0.05, 0) is 68.5 Å². The van der Waals surface area contributed by atoms with Crippen LogP contribution in [0.5, 0.6) is 0 Å². The van der Waals surface area contributed by atoms with Gasteiger partial charge in [-0.3, -0.25) is 9.78 Å². The number of amides is 1. The van der Waals surface area contributed by atoms with Crippen molar-refractivity contribution in [2.24, 2.45) is 0 Å². The van der Waals surface area contributed by atoms with Gasteiger partial charge in [0.25, 0.3) is 5.91 Å². The second kappa shape index (κ2) is 9.69. The Hall–Kier alpha value is -2.60. The molecule has 1 saturated heterocycles. The highest BCUT2D eigenvalue weighted by Gasteiger charge is 2.17. The Bertz CT molecular complexity index is 1070. The summed E-state index contributed by atoms with van der Waals surface area (Å²) in [6, 6.07) is 16.6. The van der Waals surface area contributed by atoms with E-state index in [-0.39, 0.29) is 5.91 Å². The molecule has 1 aromatic heterocycles. The third kappa shape index (κ3) is 5.18. The summed E-state index contributed by atoms with van der Waals surface area (Å²) in [6.07, 6.45) is 2.81. The van der Waals surface area contributed by atoms with E-state index in [0.29, 0.717) is 21.3 Å². The van der Waals surface area contributed by atoms with E-state index in [9.17, 15) is 4.79 Å². The summed E-state index contributed by atoms with van der Waals surface area (Å²) in [5, 5.41) is 3.93. The van der Waals surface area contributed by atoms with Crippen molar-refractivity contribution in [2.45, 2.75) is 6.42 Å². The summed E-state index contributed by atoms with van der Waals surface area (Å²) in [5.41, 5.74) is 3.61. The fourth-order valence-corrected chi connectivity index (χ4v) is 4.18. The van der Waals surface area contributed by atoms with Gasteiger partial charge < -0.3 is 15.1 Å². The van der Waals surface area contributed by atoms with Crippen molar-refractivity contribution in [1.29, 1.82) is 0 Å². The lowest BCUT2D eigenvalue weighted by molar-refractivity contribution is 0.102. The maximum Gasteiger partial charge on any atom is 0.257 e. The second-order valence-corrected chi connectivity index (χ2v) is 8.49. The molecule has 7 heteroatoms. The molecule has 0 bridgehead atoms. The van der Waals surface area contributed by atoms with E-state index >= 15 is 0 Å². The number of nitrogens with zero attached hydrogens (tertiary/aromatic N) is 3.